The van der Waals surface area contributed by atoms with Gasteiger partial charge in [-0.25, -0.2) is 4.90 Å². The molecule has 0 aromatic rings. The Morgan fingerprint density at radius 3 is 2.52 bits per heavy atom. The van der Waals surface area contributed by atoms with Crippen molar-refractivity contribution in [2.75, 3.05) is 32.7 Å². The van der Waals surface area contributed by atoms with Crippen LogP contribution in [0, 0.1) is 11.3 Å². The minimum Gasteiger partial charge on any atom is -0.375 e. The van der Waals surface area contributed by atoms with E-state index in [-0.39, 0.29) is 18.5 Å². The highest BCUT2D eigenvalue weighted by atomic mass is 19.4. The lowest BCUT2D eigenvalue weighted by Gasteiger charge is -2.49. The van der Waals surface area contributed by atoms with Crippen LogP contribution in [0.4, 0.5) is 13.2 Å². The Hall–Kier alpha value is -0.750. The summed E-state index contributed by atoms with van der Waals surface area (Å²) in [6.07, 6.45) is 1.85. The van der Waals surface area contributed by atoms with Crippen LogP contribution < -0.4 is 0 Å². The van der Waals surface area contributed by atoms with E-state index in [1.54, 1.807) is 0 Å². The molecule has 142 valence electrons. The molecule has 4 aliphatic rings. The number of hydrogen-bond donors (Lipinski definition) is 0. The van der Waals surface area contributed by atoms with Crippen LogP contribution in [0.15, 0.2) is 12.3 Å². The zero-order valence-corrected chi connectivity index (χ0v) is 15.2. The van der Waals surface area contributed by atoms with Gasteiger partial charge in [-0.2, -0.15) is 13.2 Å². The second-order valence-corrected chi connectivity index (χ2v) is 8.88. The summed E-state index contributed by atoms with van der Waals surface area (Å²) in [6.45, 7) is 10.4. The van der Waals surface area contributed by atoms with Crippen molar-refractivity contribution in [1.82, 2.24) is 14.7 Å². The zero-order chi connectivity index (χ0) is 17.8. The van der Waals surface area contributed by atoms with E-state index in [2.05, 4.69) is 23.3 Å². The molecule has 0 bridgehead atoms. The molecule has 25 heavy (non-hydrogen) atoms. The Balaban J connectivity index is 1.30. The Kier molecular flexibility index (Phi) is 4.35. The molecular weight excluding hydrogens is 327 g/mol. The van der Waals surface area contributed by atoms with Gasteiger partial charge in [0.2, 0.25) is 0 Å². The normalized spacial score (nSPS) is 40.2. The van der Waals surface area contributed by atoms with Gasteiger partial charge in [-0.1, -0.05) is 6.58 Å². The molecule has 0 amide bonds. The Labute approximate surface area is 148 Å². The van der Waals surface area contributed by atoms with Gasteiger partial charge in [-0.05, 0) is 63.3 Å². The number of allylic oxidation sites excluding steroid dienone is 1. The molecule has 3 aliphatic heterocycles. The summed E-state index contributed by atoms with van der Waals surface area (Å²) in [5, 5.41) is 0. The SMILES string of the molecule is C=C(C)N1CCC2(CC(N3CCC(C4CCCN4C(F)(F)F)C3)C2)C1. The van der Waals surface area contributed by atoms with Gasteiger partial charge >= 0.3 is 6.30 Å². The van der Waals surface area contributed by atoms with E-state index in [9.17, 15) is 13.2 Å². The van der Waals surface area contributed by atoms with Crippen LogP contribution in [-0.4, -0.2) is 65.8 Å². The summed E-state index contributed by atoms with van der Waals surface area (Å²) < 4.78 is 39.6. The van der Waals surface area contributed by atoms with Gasteiger partial charge < -0.3 is 4.90 Å². The molecule has 0 aromatic heterocycles. The quantitative estimate of drug-likeness (QED) is 0.714. The van der Waals surface area contributed by atoms with Crippen LogP contribution in [-0.2, 0) is 0 Å². The molecule has 0 N–H and O–H groups in total. The Bertz CT molecular complexity index is 526. The van der Waals surface area contributed by atoms with Crippen molar-refractivity contribution < 1.29 is 13.2 Å². The second-order valence-electron chi connectivity index (χ2n) is 8.88. The van der Waals surface area contributed by atoms with Crippen LogP contribution in [0.1, 0.15) is 45.4 Å². The molecule has 2 atom stereocenters. The number of rotatable bonds is 3. The van der Waals surface area contributed by atoms with Crippen molar-refractivity contribution in [2.45, 2.75) is 63.8 Å². The molecule has 1 spiro atoms. The van der Waals surface area contributed by atoms with Crippen molar-refractivity contribution in [2.24, 2.45) is 11.3 Å². The smallest absolute Gasteiger partial charge is 0.375 e. The van der Waals surface area contributed by atoms with Crippen LogP contribution in [0.2, 0.25) is 0 Å². The van der Waals surface area contributed by atoms with E-state index < -0.39 is 6.30 Å². The maximum absolute atomic E-state index is 13.2. The molecule has 4 rings (SSSR count). The minimum absolute atomic E-state index is 0.188. The molecule has 1 aliphatic carbocycles. The van der Waals surface area contributed by atoms with Gasteiger partial charge in [-0.3, -0.25) is 4.90 Å². The Morgan fingerprint density at radius 1 is 1.12 bits per heavy atom. The number of halogens is 3. The van der Waals surface area contributed by atoms with Crippen molar-refractivity contribution in [3.05, 3.63) is 12.3 Å². The topological polar surface area (TPSA) is 9.72 Å². The van der Waals surface area contributed by atoms with Gasteiger partial charge in [0, 0.05) is 44.0 Å². The van der Waals surface area contributed by atoms with E-state index in [0.29, 0.717) is 24.3 Å². The van der Waals surface area contributed by atoms with Crippen LogP contribution in [0.25, 0.3) is 0 Å². The summed E-state index contributed by atoms with van der Waals surface area (Å²) >= 11 is 0. The predicted octanol–water partition coefficient (Wildman–Crippen LogP) is 3.68. The van der Waals surface area contributed by atoms with Gasteiger partial charge in [0.05, 0.1) is 0 Å². The first-order valence-corrected chi connectivity index (χ1v) is 9.75. The average Bonchev–Trinajstić information content (AvgIpc) is 3.22. The van der Waals surface area contributed by atoms with Crippen molar-refractivity contribution >= 4 is 0 Å². The van der Waals surface area contributed by atoms with E-state index in [0.717, 1.165) is 43.2 Å². The predicted molar refractivity (Wildman–Crippen MR) is 91.9 cm³/mol. The van der Waals surface area contributed by atoms with Crippen LogP contribution in [0.3, 0.4) is 0 Å². The molecule has 1 saturated carbocycles. The average molecular weight is 357 g/mol. The number of nitrogens with zero attached hydrogens (tertiary/aromatic N) is 3. The van der Waals surface area contributed by atoms with E-state index in [1.165, 1.54) is 19.3 Å². The summed E-state index contributed by atoms with van der Waals surface area (Å²) in [5.74, 6) is 0.191. The van der Waals surface area contributed by atoms with Gasteiger partial charge in [0.15, 0.2) is 0 Å². The molecule has 3 heterocycles. The third kappa shape index (κ3) is 3.20. The first-order chi connectivity index (χ1) is 11.8. The highest BCUT2D eigenvalue weighted by Crippen LogP contribution is 2.51. The molecule has 4 fully saturated rings. The molecule has 3 saturated heterocycles. The number of likely N-dealkylation sites (tertiary alicyclic amines) is 3. The first-order valence-electron chi connectivity index (χ1n) is 9.75. The van der Waals surface area contributed by atoms with Crippen molar-refractivity contribution in [3.8, 4) is 0 Å². The lowest BCUT2D eigenvalue weighted by molar-refractivity contribution is -0.254. The Morgan fingerprint density at radius 2 is 1.88 bits per heavy atom. The summed E-state index contributed by atoms with van der Waals surface area (Å²) in [4.78, 5) is 5.69. The fraction of sp³-hybridized carbons (Fsp3) is 0.895. The van der Waals surface area contributed by atoms with Crippen LogP contribution in [0.5, 0.6) is 0 Å². The summed E-state index contributed by atoms with van der Waals surface area (Å²) in [6, 6.07) is 0.306. The number of hydrogen-bond acceptors (Lipinski definition) is 3. The molecule has 2 unspecified atom stereocenters. The maximum Gasteiger partial charge on any atom is 0.460 e. The largest absolute Gasteiger partial charge is 0.460 e. The first kappa shape index (κ1) is 17.7. The third-order valence-corrected chi connectivity index (χ3v) is 7.26. The highest BCUT2D eigenvalue weighted by Gasteiger charge is 2.53. The molecule has 3 nitrogen and oxygen atoms in total. The number of alkyl halides is 3. The maximum atomic E-state index is 13.2. The molecular formula is C19H30F3N3. The minimum atomic E-state index is -4.16. The summed E-state index contributed by atoms with van der Waals surface area (Å²) in [7, 11) is 0. The lowest BCUT2D eigenvalue weighted by Crippen LogP contribution is -2.52. The molecule has 6 heteroatoms. The van der Waals surface area contributed by atoms with Crippen molar-refractivity contribution in [1.29, 1.82) is 0 Å². The lowest BCUT2D eigenvalue weighted by atomic mass is 9.64. The fourth-order valence-electron chi connectivity index (χ4n) is 5.85. The molecule has 0 aromatic carbocycles. The monoisotopic (exact) mass is 357 g/mol. The summed E-state index contributed by atoms with van der Waals surface area (Å²) in [5.41, 5.74) is 1.61. The highest BCUT2D eigenvalue weighted by molar-refractivity contribution is 5.08. The zero-order valence-electron chi connectivity index (χ0n) is 15.2. The fourth-order valence-corrected chi connectivity index (χ4v) is 5.85. The van der Waals surface area contributed by atoms with Crippen LogP contribution >= 0.6 is 0 Å². The van der Waals surface area contributed by atoms with E-state index >= 15 is 0 Å². The van der Waals surface area contributed by atoms with Crippen molar-refractivity contribution in [3.63, 3.8) is 0 Å². The standard InChI is InChI=1S/C19H30F3N3/c1-14(2)24-9-6-18(13-24)10-16(11-18)23-8-5-15(12-23)17-4-3-7-25(17)19(20,21)22/h15-17H,1,3-13H2,2H3. The van der Waals surface area contributed by atoms with Gasteiger partial charge in [0.1, 0.15) is 0 Å². The van der Waals surface area contributed by atoms with E-state index in [1.807, 2.05) is 0 Å². The van der Waals surface area contributed by atoms with E-state index in [4.69, 9.17) is 0 Å². The second kappa shape index (κ2) is 6.15. The van der Waals surface area contributed by atoms with Gasteiger partial charge in [0.25, 0.3) is 0 Å². The molecule has 0 radical (unpaired) electrons. The third-order valence-electron chi connectivity index (χ3n) is 7.26. The van der Waals surface area contributed by atoms with Gasteiger partial charge in [-0.15, -0.1) is 0 Å².